The lowest BCUT2D eigenvalue weighted by Gasteiger charge is -2.37. The topological polar surface area (TPSA) is 46.2 Å². The molecule has 1 N–H and O–H groups in total. The summed E-state index contributed by atoms with van der Waals surface area (Å²) in [5.41, 5.74) is 0.858. The molecule has 2 fully saturated rings. The van der Waals surface area contributed by atoms with Crippen molar-refractivity contribution in [3.05, 3.63) is 33.8 Å². The third-order valence-corrected chi connectivity index (χ3v) is 5.77. The van der Waals surface area contributed by atoms with Gasteiger partial charge in [-0.25, -0.2) is 0 Å². The molecule has 0 radical (unpaired) electrons. The van der Waals surface area contributed by atoms with Crippen molar-refractivity contribution in [1.29, 1.82) is 0 Å². The van der Waals surface area contributed by atoms with Gasteiger partial charge in [0.1, 0.15) is 5.78 Å². The molecule has 2 aliphatic carbocycles. The van der Waals surface area contributed by atoms with Crippen molar-refractivity contribution in [2.24, 2.45) is 17.8 Å². The largest absolute Gasteiger partial charge is 0.349 e. The summed E-state index contributed by atoms with van der Waals surface area (Å²) in [6.07, 6.45) is 4.39. The third kappa shape index (κ3) is 3.56. The van der Waals surface area contributed by atoms with Crippen LogP contribution in [0.5, 0.6) is 0 Å². The monoisotopic (exact) mass is 353 g/mol. The van der Waals surface area contributed by atoms with Gasteiger partial charge in [0, 0.05) is 27.8 Å². The molecule has 3 atom stereocenters. The Labute approximate surface area is 146 Å². The molecule has 23 heavy (non-hydrogen) atoms. The average Bonchev–Trinajstić information content (AvgIpc) is 2.46. The van der Waals surface area contributed by atoms with Gasteiger partial charge < -0.3 is 5.32 Å². The lowest BCUT2D eigenvalue weighted by molar-refractivity contribution is -0.137. The molecule has 3 rings (SSSR count). The average molecular weight is 354 g/mol. The Bertz CT molecular complexity index is 615. The van der Waals surface area contributed by atoms with Crippen molar-refractivity contribution in [1.82, 2.24) is 5.32 Å². The molecule has 2 aliphatic rings. The van der Waals surface area contributed by atoms with Crippen LogP contribution < -0.4 is 5.32 Å². The van der Waals surface area contributed by atoms with Crippen LogP contribution in [0.25, 0.3) is 0 Å². The number of Topliss-reactive ketones (excluding diaryl/α,β-unsaturated/α-hetero) is 1. The van der Waals surface area contributed by atoms with E-state index >= 15 is 0 Å². The molecule has 1 aromatic rings. The Morgan fingerprint density at radius 2 is 1.87 bits per heavy atom. The van der Waals surface area contributed by atoms with Gasteiger partial charge >= 0.3 is 0 Å². The Hall–Kier alpha value is -1.06. The standard InChI is InChI=1S/C18H21Cl2NO2/c1-10(15-6-5-14(19)9-16(15)20)21-18(23)13-7-11-3-2-4-12(8-13)17(11)22/h5-6,9-13H,2-4,7-8H2,1H3,(H,21,23). The van der Waals surface area contributed by atoms with Crippen LogP contribution >= 0.6 is 23.2 Å². The molecule has 0 aliphatic heterocycles. The van der Waals surface area contributed by atoms with E-state index in [1.165, 1.54) is 0 Å². The molecule has 0 spiro atoms. The van der Waals surface area contributed by atoms with Crippen molar-refractivity contribution >= 4 is 34.9 Å². The molecule has 0 heterocycles. The van der Waals surface area contributed by atoms with Crippen molar-refractivity contribution in [2.75, 3.05) is 0 Å². The zero-order valence-electron chi connectivity index (χ0n) is 13.1. The van der Waals surface area contributed by atoms with Crippen molar-refractivity contribution in [3.63, 3.8) is 0 Å². The Kier molecular flexibility index (Phi) is 4.98. The SMILES string of the molecule is CC(NC(=O)C1CC2CCCC(C1)C2=O)c1ccc(Cl)cc1Cl. The van der Waals surface area contributed by atoms with Crippen LogP contribution in [-0.2, 0) is 9.59 Å². The molecule has 0 aromatic heterocycles. The van der Waals surface area contributed by atoms with Crippen LogP contribution in [0.3, 0.4) is 0 Å². The number of ketones is 1. The number of amides is 1. The second kappa shape index (κ2) is 6.82. The van der Waals surface area contributed by atoms with Gasteiger partial charge in [0.2, 0.25) is 5.91 Å². The summed E-state index contributed by atoms with van der Waals surface area (Å²) < 4.78 is 0. The van der Waals surface area contributed by atoms with Gasteiger partial charge in [-0.15, -0.1) is 0 Å². The molecule has 1 amide bonds. The highest BCUT2D eigenvalue weighted by Gasteiger charge is 2.41. The number of benzene rings is 1. The first-order chi connectivity index (χ1) is 11.0. The Morgan fingerprint density at radius 3 is 2.48 bits per heavy atom. The van der Waals surface area contributed by atoms with E-state index < -0.39 is 0 Å². The fourth-order valence-electron chi connectivity index (χ4n) is 3.96. The summed E-state index contributed by atoms with van der Waals surface area (Å²) in [4.78, 5) is 24.7. The van der Waals surface area contributed by atoms with E-state index in [-0.39, 0.29) is 29.7 Å². The number of fused-ring (bicyclic) bond motifs is 2. The van der Waals surface area contributed by atoms with Gasteiger partial charge in [-0.2, -0.15) is 0 Å². The first kappa shape index (κ1) is 16.8. The van der Waals surface area contributed by atoms with Gasteiger partial charge in [-0.05, 0) is 50.3 Å². The molecule has 1 aromatic carbocycles. The van der Waals surface area contributed by atoms with Crippen LogP contribution in [0.15, 0.2) is 18.2 Å². The quantitative estimate of drug-likeness (QED) is 0.865. The number of halogens is 2. The summed E-state index contributed by atoms with van der Waals surface area (Å²) >= 11 is 12.1. The van der Waals surface area contributed by atoms with E-state index in [2.05, 4.69) is 5.32 Å². The summed E-state index contributed by atoms with van der Waals surface area (Å²) in [5, 5.41) is 4.19. The maximum Gasteiger partial charge on any atom is 0.223 e. The maximum atomic E-state index is 12.6. The zero-order valence-corrected chi connectivity index (χ0v) is 14.7. The fraction of sp³-hybridized carbons (Fsp3) is 0.556. The summed E-state index contributed by atoms with van der Waals surface area (Å²) in [6, 6.07) is 5.12. The van der Waals surface area contributed by atoms with Gasteiger partial charge in [0.05, 0.1) is 6.04 Å². The lowest BCUT2D eigenvalue weighted by atomic mass is 9.67. The number of rotatable bonds is 3. The van der Waals surface area contributed by atoms with E-state index in [9.17, 15) is 9.59 Å². The fourth-order valence-corrected chi connectivity index (χ4v) is 4.53. The predicted octanol–water partition coefficient (Wildman–Crippen LogP) is 4.57. The first-order valence-electron chi connectivity index (χ1n) is 8.24. The van der Waals surface area contributed by atoms with Crippen molar-refractivity contribution in [3.8, 4) is 0 Å². The zero-order chi connectivity index (χ0) is 16.6. The van der Waals surface area contributed by atoms with Crippen molar-refractivity contribution < 1.29 is 9.59 Å². The van der Waals surface area contributed by atoms with E-state index in [0.717, 1.165) is 24.8 Å². The maximum absolute atomic E-state index is 12.6. The summed E-state index contributed by atoms with van der Waals surface area (Å²) in [6.45, 7) is 1.92. The van der Waals surface area contributed by atoms with E-state index in [1.54, 1.807) is 12.1 Å². The molecule has 5 heteroatoms. The molecule has 3 unspecified atom stereocenters. The normalized spacial score (nSPS) is 28.3. The smallest absolute Gasteiger partial charge is 0.223 e. The molecule has 124 valence electrons. The number of hydrogen-bond acceptors (Lipinski definition) is 2. The highest BCUT2D eigenvalue weighted by Crippen LogP contribution is 2.40. The number of carbonyl (C=O) groups excluding carboxylic acids is 2. The second-order valence-corrected chi connectivity index (χ2v) is 7.64. The van der Waals surface area contributed by atoms with E-state index in [0.29, 0.717) is 28.7 Å². The van der Waals surface area contributed by atoms with Crippen LogP contribution in [0.1, 0.15) is 50.6 Å². The van der Waals surface area contributed by atoms with Crippen LogP contribution in [-0.4, -0.2) is 11.7 Å². The first-order valence-corrected chi connectivity index (χ1v) is 9.00. The van der Waals surface area contributed by atoms with Crippen LogP contribution in [0.2, 0.25) is 10.0 Å². The molecular formula is C18H21Cl2NO2. The van der Waals surface area contributed by atoms with Gasteiger partial charge in [-0.1, -0.05) is 35.7 Å². The van der Waals surface area contributed by atoms with E-state index in [1.807, 2.05) is 13.0 Å². The number of nitrogens with one attached hydrogen (secondary N) is 1. The van der Waals surface area contributed by atoms with Gasteiger partial charge in [0.15, 0.2) is 0 Å². The highest BCUT2D eigenvalue weighted by molar-refractivity contribution is 6.35. The second-order valence-electron chi connectivity index (χ2n) is 6.79. The minimum absolute atomic E-state index is 0.0351. The highest BCUT2D eigenvalue weighted by atomic mass is 35.5. The van der Waals surface area contributed by atoms with Crippen LogP contribution in [0, 0.1) is 17.8 Å². The predicted molar refractivity (Wildman–Crippen MR) is 91.6 cm³/mol. The molecule has 3 nitrogen and oxygen atoms in total. The molecule has 2 saturated carbocycles. The third-order valence-electron chi connectivity index (χ3n) is 5.21. The number of carbonyl (C=O) groups is 2. The molecule has 0 saturated heterocycles. The minimum Gasteiger partial charge on any atom is -0.349 e. The van der Waals surface area contributed by atoms with Crippen molar-refractivity contribution in [2.45, 2.75) is 45.1 Å². The van der Waals surface area contributed by atoms with Gasteiger partial charge in [0.25, 0.3) is 0 Å². The minimum atomic E-state index is -0.176. The Balaban J connectivity index is 1.66. The van der Waals surface area contributed by atoms with Crippen LogP contribution in [0.4, 0.5) is 0 Å². The van der Waals surface area contributed by atoms with E-state index in [4.69, 9.17) is 23.2 Å². The molecule has 2 bridgehead atoms. The Morgan fingerprint density at radius 1 is 1.22 bits per heavy atom. The molecular weight excluding hydrogens is 333 g/mol. The lowest BCUT2D eigenvalue weighted by Crippen LogP contribution is -2.43. The summed E-state index contributed by atoms with van der Waals surface area (Å²) in [7, 11) is 0. The number of hydrogen-bond donors (Lipinski definition) is 1. The summed E-state index contributed by atoms with van der Waals surface area (Å²) in [5.74, 6) is 0.541. The van der Waals surface area contributed by atoms with Gasteiger partial charge in [-0.3, -0.25) is 9.59 Å².